The predicted molar refractivity (Wildman–Crippen MR) is 109 cm³/mol. The van der Waals surface area contributed by atoms with Crippen LogP contribution in [0.15, 0.2) is 42.7 Å². The van der Waals surface area contributed by atoms with Gasteiger partial charge in [-0.2, -0.15) is 5.10 Å². The van der Waals surface area contributed by atoms with Crippen molar-refractivity contribution in [2.75, 3.05) is 23.3 Å². The van der Waals surface area contributed by atoms with Gasteiger partial charge in [0, 0.05) is 30.5 Å². The van der Waals surface area contributed by atoms with Crippen molar-refractivity contribution in [2.24, 2.45) is 0 Å². The Balaban J connectivity index is 1.42. The molecule has 0 unspecified atom stereocenters. The van der Waals surface area contributed by atoms with E-state index in [1.54, 1.807) is 6.20 Å². The minimum atomic E-state index is 0.496. The molecule has 0 saturated carbocycles. The van der Waals surface area contributed by atoms with Gasteiger partial charge in [-0.25, -0.2) is 9.67 Å². The van der Waals surface area contributed by atoms with Crippen LogP contribution in [0.25, 0.3) is 5.82 Å². The van der Waals surface area contributed by atoms with Gasteiger partial charge in [0.1, 0.15) is 5.82 Å². The molecule has 27 heavy (non-hydrogen) atoms. The lowest BCUT2D eigenvalue weighted by atomic mass is 10.0. The van der Waals surface area contributed by atoms with E-state index in [0.717, 1.165) is 49.0 Å². The Labute approximate surface area is 160 Å². The Morgan fingerprint density at radius 1 is 1.00 bits per heavy atom. The van der Waals surface area contributed by atoms with Gasteiger partial charge in [0.25, 0.3) is 0 Å². The average molecular weight is 362 g/mol. The fourth-order valence-electron chi connectivity index (χ4n) is 3.68. The van der Waals surface area contributed by atoms with Crippen molar-refractivity contribution < 1.29 is 0 Å². The number of aromatic nitrogens is 4. The number of hydrogen-bond donors (Lipinski definition) is 1. The molecule has 0 aliphatic carbocycles. The second kappa shape index (κ2) is 7.39. The lowest BCUT2D eigenvalue weighted by Gasteiger charge is -2.33. The predicted octanol–water partition coefficient (Wildman–Crippen LogP) is 3.67. The van der Waals surface area contributed by atoms with Gasteiger partial charge in [0.15, 0.2) is 5.82 Å². The van der Waals surface area contributed by atoms with E-state index in [2.05, 4.69) is 57.6 Å². The quantitative estimate of drug-likeness (QED) is 0.767. The summed E-state index contributed by atoms with van der Waals surface area (Å²) in [7, 11) is 0. The van der Waals surface area contributed by atoms with Crippen LogP contribution in [0.4, 0.5) is 11.5 Å². The normalized spacial score (nSPS) is 15.1. The first-order valence-electron chi connectivity index (χ1n) is 9.52. The molecule has 3 heterocycles. The minimum Gasteiger partial charge on any atom is -0.382 e. The second-order valence-corrected chi connectivity index (χ2v) is 7.35. The molecule has 1 aliphatic rings. The summed E-state index contributed by atoms with van der Waals surface area (Å²) in [5.41, 5.74) is 4.55. The van der Waals surface area contributed by atoms with Gasteiger partial charge in [0.2, 0.25) is 0 Å². The van der Waals surface area contributed by atoms with Gasteiger partial charge in [-0.3, -0.25) is 4.98 Å². The van der Waals surface area contributed by atoms with Crippen LogP contribution in [0.2, 0.25) is 0 Å². The summed E-state index contributed by atoms with van der Waals surface area (Å²) in [5, 5.41) is 8.18. The van der Waals surface area contributed by atoms with Gasteiger partial charge in [0.05, 0.1) is 18.1 Å². The summed E-state index contributed by atoms with van der Waals surface area (Å²) < 4.78 is 1.86. The van der Waals surface area contributed by atoms with E-state index >= 15 is 0 Å². The fraction of sp³-hybridized carbons (Fsp3) is 0.381. The molecule has 4 rings (SSSR count). The highest BCUT2D eigenvalue weighted by Crippen LogP contribution is 2.22. The number of nitrogens with one attached hydrogen (secondary N) is 1. The van der Waals surface area contributed by atoms with E-state index in [4.69, 9.17) is 4.98 Å². The first-order valence-corrected chi connectivity index (χ1v) is 9.52. The van der Waals surface area contributed by atoms with Crippen molar-refractivity contribution in [2.45, 2.75) is 39.7 Å². The zero-order chi connectivity index (χ0) is 18.8. The molecule has 3 aromatic rings. The van der Waals surface area contributed by atoms with Gasteiger partial charge >= 0.3 is 0 Å². The largest absolute Gasteiger partial charge is 0.382 e. The first-order chi connectivity index (χ1) is 13.1. The topological polar surface area (TPSA) is 58.9 Å². The maximum atomic E-state index is 4.80. The van der Waals surface area contributed by atoms with Crippen LogP contribution in [-0.4, -0.2) is 38.9 Å². The molecule has 0 radical (unpaired) electrons. The van der Waals surface area contributed by atoms with Crippen molar-refractivity contribution in [3.8, 4) is 5.82 Å². The molecule has 1 saturated heterocycles. The fourth-order valence-corrected chi connectivity index (χ4v) is 3.68. The highest BCUT2D eigenvalue weighted by atomic mass is 15.3. The molecule has 1 aliphatic heterocycles. The van der Waals surface area contributed by atoms with E-state index in [0.29, 0.717) is 6.04 Å². The van der Waals surface area contributed by atoms with Crippen LogP contribution in [-0.2, 0) is 0 Å². The number of aryl methyl sites for hydroxylation is 3. The van der Waals surface area contributed by atoms with E-state index in [1.165, 1.54) is 11.3 Å². The zero-order valence-corrected chi connectivity index (χ0v) is 16.2. The molecule has 1 aromatic carbocycles. The number of rotatable bonds is 4. The lowest BCUT2D eigenvalue weighted by molar-refractivity contribution is 0.522. The molecular weight excluding hydrogens is 336 g/mol. The van der Waals surface area contributed by atoms with Crippen molar-refractivity contribution in [3.05, 3.63) is 59.7 Å². The zero-order valence-electron chi connectivity index (χ0n) is 16.2. The summed E-state index contributed by atoms with van der Waals surface area (Å²) in [6.45, 7) is 8.10. The number of piperidine rings is 1. The number of hydrogen-bond acceptors (Lipinski definition) is 5. The van der Waals surface area contributed by atoms with Gasteiger partial charge < -0.3 is 10.2 Å². The summed E-state index contributed by atoms with van der Waals surface area (Å²) >= 11 is 0. The third-order valence-electron chi connectivity index (χ3n) is 5.04. The summed E-state index contributed by atoms with van der Waals surface area (Å²) in [4.78, 5) is 11.5. The molecule has 1 fully saturated rings. The molecule has 1 N–H and O–H groups in total. The molecular formula is C21H26N6. The number of nitrogens with zero attached hydrogens (tertiary/aromatic N) is 5. The maximum absolute atomic E-state index is 4.80. The molecule has 2 aromatic heterocycles. The van der Waals surface area contributed by atoms with Crippen molar-refractivity contribution in [3.63, 3.8) is 0 Å². The Kier molecular flexibility index (Phi) is 4.79. The van der Waals surface area contributed by atoms with E-state index in [-0.39, 0.29) is 0 Å². The average Bonchev–Trinajstić information content (AvgIpc) is 3.01. The van der Waals surface area contributed by atoms with Gasteiger partial charge in [-0.05, 0) is 57.4 Å². The third kappa shape index (κ3) is 3.94. The van der Waals surface area contributed by atoms with Crippen LogP contribution in [0, 0.1) is 20.8 Å². The second-order valence-electron chi connectivity index (χ2n) is 7.35. The SMILES string of the molecule is Cc1cccc(NC2CCN(c3cncc(-n4nc(C)cc4C)n3)CC2)c1. The van der Waals surface area contributed by atoms with Gasteiger partial charge in [-0.1, -0.05) is 12.1 Å². The van der Waals surface area contributed by atoms with E-state index in [9.17, 15) is 0 Å². The van der Waals surface area contributed by atoms with Crippen molar-refractivity contribution in [1.82, 2.24) is 19.7 Å². The molecule has 0 amide bonds. The summed E-state index contributed by atoms with van der Waals surface area (Å²) in [6, 6.07) is 11.1. The minimum absolute atomic E-state index is 0.496. The standard InChI is InChI=1S/C21H26N6/c1-15-5-4-6-19(11-15)23-18-7-9-26(10-8-18)20-13-22-14-21(24-20)27-17(3)12-16(2)25-27/h4-6,11-14,18,23H,7-10H2,1-3H3. The molecule has 0 atom stereocenters. The first kappa shape index (κ1) is 17.5. The summed E-state index contributed by atoms with van der Waals surface area (Å²) in [6.07, 6.45) is 5.79. The highest BCUT2D eigenvalue weighted by Gasteiger charge is 2.21. The highest BCUT2D eigenvalue weighted by molar-refractivity contribution is 5.47. The molecule has 0 bridgehead atoms. The number of benzene rings is 1. The molecule has 0 spiro atoms. The molecule has 6 nitrogen and oxygen atoms in total. The lowest BCUT2D eigenvalue weighted by Crippen LogP contribution is -2.39. The van der Waals surface area contributed by atoms with Gasteiger partial charge in [-0.15, -0.1) is 0 Å². The van der Waals surface area contributed by atoms with Crippen molar-refractivity contribution >= 4 is 11.5 Å². The van der Waals surface area contributed by atoms with Crippen LogP contribution in [0.1, 0.15) is 29.8 Å². The maximum Gasteiger partial charge on any atom is 0.174 e. The Morgan fingerprint density at radius 2 is 1.78 bits per heavy atom. The third-order valence-corrected chi connectivity index (χ3v) is 5.04. The number of anilines is 2. The van der Waals surface area contributed by atoms with Crippen LogP contribution < -0.4 is 10.2 Å². The van der Waals surface area contributed by atoms with Crippen LogP contribution >= 0.6 is 0 Å². The Hall–Kier alpha value is -2.89. The summed E-state index contributed by atoms with van der Waals surface area (Å²) in [5.74, 6) is 1.70. The van der Waals surface area contributed by atoms with Crippen LogP contribution in [0.3, 0.4) is 0 Å². The molecule has 6 heteroatoms. The Morgan fingerprint density at radius 3 is 2.48 bits per heavy atom. The van der Waals surface area contributed by atoms with E-state index < -0.39 is 0 Å². The smallest absolute Gasteiger partial charge is 0.174 e. The molecule has 140 valence electrons. The Bertz CT molecular complexity index is 924. The monoisotopic (exact) mass is 362 g/mol. The van der Waals surface area contributed by atoms with Crippen molar-refractivity contribution in [1.29, 1.82) is 0 Å². The van der Waals surface area contributed by atoms with E-state index in [1.807, 2.05) is 24.7 Å². The van der Waals surface area contributed by atoms with Crippen LogP contribution in [0.5, 0.6) is 0 Å².